The maximum Gasteiger partial charge on any atom is 0.257 e. The zero-order chi connectivity index (χ0) is 16.9. The highest BCUT2D eigenvalue weighted by Gasteiger charge is 2.44. The number of amides is 3. The minimum Gasteiger partial charge on any atom is -0.369 e. The lowest BCUT2D eigenvalue weighted by Crippen LogP contribution is -2.53. The van der Waals surface area contributed by atoms with Crippen molar-refractivity contribution >= 4 is 17.7 Å². The third-order valence-corrected chi connectivity index (χ3v) is 4.34. The normalized spacial score (nSPS) is 24.2. The van der Waals surface area contributed by atoms with Gasteiger partial charge in [-0.25, -0.2) is 4.39 Å². The van der Waals surface area contributed by atoms with Crippen LogP contribution in [0, 0.1) is 5.82 Å². The SMILES string of the molecule is CC(C)c1cc2c(cc1F)C(=O)N(C1CCC(=O)NC1=O)C2O. The van der Waals surface area contributed by atoms with Gasteiger partial charge in [0.15, 0.2) is 6.23 Å². The Morgan fingerprint density at radius 2 is 2.00 bits per heavy atom. The first-order chi connectivity index (χ1) is 10.8. The highest BCUT2D eigenvalue weighted by molar-refractivity contribution is 6.05. The van der Waals surface area contributed by atoms with Crippen LogP contribution in [-0.4, -0.2) is 33.8 Å². The molecule has 0 aliphatic carbocycles. The van der Waals surface area contributed by atoms with Crippen molar-refractivity contribution in [1.82, 2.24) is 10.2 Å². The summed E-state index contributed by atoms with van der Waals surface area (Å²) in [6.07, 6.45) is -1.09. The summed E-state index contributed by atoms with van der Waals surface area (Å²) >= 11 is 0. The van der Waals surface area contributed by atoms with Crippen molar-refractivity contribution in [2.75, 3.05) is 0 Å². The van der Waals surface area contributed by atoms with Crippen molar-refractivity contribution in [3.05, 3.63) is 34.6 Å². The second kappa shape index (κ2) is 5.42. The average Bonchev–Trinajstić information content (AvgIpc) is 2.70. The van der Waals surface area contributed by atoms with Crippen LogP contribution in [0.5, 0.6) is 0 Å². The Hall–Kier alpha value is -2.28. The Morgan fingerprint density at radius 1 is 1.30 bits per heavy atom. The number of rotatable bonds is 2. The minimum atomic E-state index is -1.32. The number of nitrogens with one attached hydrogen (secondary N) is 1. The van der Waals surface area contributed by atoms with E-state index in [1.807, 2.05) is 13.8 Å². The largest absolute Gasteiger partial charge is 0.369 e. The second-order valence-electron chi connectivity index (χ2n) is 6.17. The predicted octanol–water partition coefficient (Wildman–Crippen LogP) is 1.20. The molecule has 2 aliphatic heterocycles. The van der Waals surface area contributed by atoms with Gasteiger partial charge in [0.05, 0.1) is 5.56 Å². The summed E-state index contributed by atoms with van der Waals surface area (Å²) in [4.78, 5) is 36.7. The maximum absolute atomic E-state index is 14.1. The van der Waals surface area contributed by atoms with Crippen molar-refractivity contribution in [1.29, 1.82) is 0 Å². The molecule has 3 amide bonds. The number of nitrogens with zero attached hydrogens (tertiary/aromatic N) is 1. The molecule has 0 radical (unpaired) electrons. The molecule has 1 aromatic rings. The van der Waals surface area contributed by atoms with Crippen molar-refractivity contribution < 1.29 is 23.9 Å². The van der Waals surface area contributed by atoms with Gasteiger partial charge in [0.2, 0.25) is 11.8 Å². The van der Waals surface area contributed by atoms with Gasteiger partial charge in [-0.1, -0.05) is 13.8 Å². The molecule has 0 bridgehead atoms. The van der Waals surface area contributed by atoms with Gasteiger partial charge in [-0.2, -0.15) is 0 Å². The molecule has 1 saturated heterocycles. The first kappa shape index (κ1) is 15.6. The highest BCUT2D eigenvalue weighted by atomic mass is 19.1. The fourth-order valence-corrected chi connectivity index (χ4v) is 3.11. The second-order valence-corrected chi connectivity index (χ2v) is 6.17. The van der Waals surface area contributed by atoms with Crippen LogP contribution >= 0.6 is 0 Å². The van der Waals surface area contributed by atoms with Gasteiger partial charge in [0, 0.05) is 12.0 Å². The number of benzene rings is 1. The van der Waals surface area contributed by atoms with E-state index >= 15 is 0 Å². The lowest BCUT2D eigenvalue weighted by Gasteiger charge is -2.31. The molecule has 0 saturated carbocycles. The minimum absolute atomic E-state index is 0.0594. The summed E-state index contributed by atoms with van der Waals surface area (Å²) < 4.78 is 14.1. The molecule has 2 atom stereocenters. The number of aliphatic hydroxyl groups excluding tert-OH is 1. The Kier molecular flexibility index (Phi) is 3.68. The molecule has 2 unspecified atom stereocenters. The predicted molar refractivity (Wildman–Crippen MR) is 77.8 cm³/mol. The third kappa shape index (κ3) is 2.41. The number of piperidine rings is 1. The van der Waals surface area contributed by atoms with Gasteiger partial charge >= 0.3 is 0 Å². The summed E-state index contributed by atoms with van der Waals surface area (Å²) in [6.45, 7) is 3.62. The first-order valence-electron chi connectivity index (χ1n) is 7.49. The summed E-state index contributed by atoms with van der Waals surface area (Å²) in [5, 5.41) is 12.6. The molecule has 2 N–H and O–H groups in total. The zero-order valence-electron chi connectivity index (χ0n) is 12.8. The molecule has 6 nitrogen and oxygen atoms in total. The zero-order valence-corrected chi connectivity index (χ0v) is 12.8. The van der Waals surface area contributed by atoms with Gasteiger partial charge in [0.1, 0.15) is 11.9 Å². The lowest BCUT2D eigenvalue weighted by molar-refractivity contribution is -0.139. The van der Waals surface area contributed by atoms with Crippen LogP contribution in [0.1, 0.15) is 60.3 Å². The van der Waals surface area contributed by atoms with E-state index in [1.54, 1.807) is 0 Å². The van der Waals surface area contributed by atoms with Crippen LogP contribution in [0.2, 0.25) is 0 Å². The van der Waals surface area contributed by atoms with E-state index < -0.39 is 35.8 Å². The van der Waals surface area contributed by atoms with E-state index in [9.17, 15) is 23.9 Å². The van der Waals surface area contributed by atoms with Crippen LogP contribution < -0.4 is 5.32 Å². The third-order valence-electron chi connectivity index (χ3n) is 4.34. The topological polar surface area (TPSA) is 86.7 Å². The van der Waals surface area contributed by atoms with Gasteiger partial charge in [-0.05, 0) is 30.0 Å². The monoisotopic (exact) mass is 320 g/mol. The Bertz CT molecular complexity index is 716. The molecular weight excluding hydrogens is 303 g/mol. The Morgan fingerprint density at radius 3 is 2.61 bits per heavy atom. The Balaban J connectivity index is 1.99. The molecule has 2 aliphatic rings. The molecule has 1 fully saturated rings. The smallest absolute Gasteiger partial charge is 0.257 e. The molecule has 1 aromatic carbocycles. The van der Waals surface area contributed by atoms with E-state index in [1.165, 1.54) is 6.07 Å². The van der Waals surface area contributed by atoms with E-state index in [4.69, 9.17) is 0 Å². The van der Waals surface area contributed by atoms with Crippen molar-refractivity contribution in [2.45, 2.75) is 44.9 Å². The summed E-state index contributed by atoms with van der Waals surface area (Å²) in [5.74, 6) is -2.24. The van der Waals surface area contributed by atoms with Crippen LogP contribution in [0.4, 0.5) is 4.39 Å². The molecule has 7 heteroatoms. The van der Waals surface area contributed by atoms with Crippen LogP contribution in [0.25, 0.3) is 0 Å². The number of imide groups is 1. The molecule has 2 heterocycles. The van der Waals surface area contributed by atoms with Crippen LogP contribution in [-0.2, 0) is 9.59 Å². The summed E-state index contributed by atoms with van der Waals surface area (Å²) in [6, 6.07) is 1.65. The summed E-state index contributed by atoms with van der Waals surface area (Å²) in [5.41, 5.74) is 0.759. The van der Waals surface area contributed by atoms with Crippen molar-refractivity contribution in [3.8, 4) is 0 Å². The van der Waals surface area contributed by atoms with Gasteiger partial charge in [0.25, 0.3) is 5.91 Å². The number of aliphatic hydroxyl groups is 1. The van der Waals surface area contributed by atoms with Crippen LogP contribution in [0.3, 0.4) is 0 Å². The number of hydrogen-bond acceptors (Lipinski definition) is 4. The van der Waals surface area contributed by atoms with Gasteiger partial charge in [-0.3, -0.25) is 24.6 Å². The molecule has 23 heavy (non-hydrogen) atoms. The van der Waals surface area contributed by atoms with E-state index in [0.29, 0.717) is 11.1 Å². The quantitative estimate of drug-likeness (QED) is 0.802. The Labute approximate surface area is 132 Å². The fourth-order valence-electron chi connectivity index (χ4n) is 3.11. The standard InChI is InChI=1S/C16H17FN2O4/c1-7(2)8-5-9-10(6-11(8)17)16(23)19(15(9)22)12-3-4-13(20)18-14(12)21/h5-7,12,15,22H,3-4H2,1-2H3,(H,18,20,21). The number of carbonyl (C=O) groups is 3. The molecule has 122 valence electrons. The summed E-state index contributed by atoms with van der Waals surface area (Å²) in [7, 11) is 0. The van der Waals surface area contributed by atoms with E-state index in [-0.39, 0.29) is 24.3 Å². The number of hydrogen-bond donors (Lipinski definition) is 2. The number of halogens is 1. The molecular formula is C16H17FN2O4. The maximum atomic E-state index is 14.1. The van der Waals surface area contributed by atoms with Gasteiger partial charge < -0.3 is 5.11 Å². The lowest BCUT2D eigenvalue weighted by atomic mass is 9.97. The van der Waals surface area contributed by atoms with E-state index in [0.717, 1.165) is 11.0 Å². The van der Waals surface area contributed by atoms with Crippen molar-refractivity contribution in [2.24, 2.45) is 0 Å². The molecule has 0 spiro atoms. The van der Waals surface area contributed by atoms with Crippen LogP contribution in [0.15, 0.2) is 12.1 Å². The van der Waals surface area contributed by atoms with Gasteiger partial charge in [-0.15, -0.1) is 0 Å². The van der Waals surface area contributed by atoms with E-state index in [2.05, 4.69) is 5.32 Å². The fraction of sp³-hybridized carbons (Fsp3) is 0.438. The number of fused-ring (bicyclic) bond motifs is 1. The van der Waals surface area contributed by atoms with Crippen molar-refractivity contribution in [3.63, 3.8) is 0 Å². The molecule has 0 aromatic heterocycles. The number of carbonyl (C=O) groups excluding carboxylic acids is 3. The highest BCUT2D eigenvalue weighted by Crippen LogP contribution is 2.37. The molecule has 3 rings (SSSR count). The average molecular weight is 320 g/mol. The first-order valence-corrected chi connectivity index (χ1v) is 7.49.